The number of morpholine rings is 1. The lowest BCUT2D eigenvalue weighted by molar-refractivity contribution is -0.147. The van der Waals surface area contributed by atoms with Crippen LogP contribution >= 0.6 is 0 Å². The molecule has 2 rings (SSSR count). The van der Waals surface area contributed by atoms with Gasteiger partial charge in [-0.25, -0.2) is 0 Å². The van der Waals surface area contributed by atoms with E-state index in [1.54, 1.807) is 4.90 Å². The third kappa shape index (κ3) is 4.47. The van der Waals surface area contributed by atoms with Crippen molar-refractivity contribution in [3.63, 3.8) is 0 Å². The summed E-state index contributed by atoms with van der Waals surface area (Å²) in [5.74, 6) is -0.812. The SMILES string of the molecule is O=C(O)C[C@@H]1CN(C(=O)CC[C@H]2CCCO2)CCO1. The largest absolute Gasteiger partial charge is 0.481 e. The fourth-order valence-electron chi connectivity index (χ4n) is 2.58. The van der Waals surface area contributed by atoms with E-state index in [9.17, 15) is 9.59 Å². The lowest BCUT2D eigenvalue weighted by Crippen LogP contribution is -2.46. The highest BCUT2D eigenvalue weighted by atomic mass is 16.5. The molecule has 0 aliphatic carbocycles. The maximum atomic E-state index is 12.1. The molecule has 2 aliphatic rings. The molecule has 2 saturated heterocycles. The molecule has 0 bridgehead atoms. The van der Waals surface area contributed by atoms with Crippen molar-refractivity contribution in [1.82, 2.24) is 4.90 Å². The molecule has 2 heterocycles. The third-order valence-corrected chi connectivity index (χ3v) is 3.60. The molecule has 0 saturated carbocycles. The zero-order valence-electron chi connectivity index (χ0n) is 11.0. The van der Waals surface area contributed by atoms with Crippen molar-refractivity contribution in [2.45, 2.75) is 44.3 Å². The van der Waals surface area contributed by atoms with Crippen LogP contribution in [-0.2, 0) is 19.1 Å². The molecule has 2 atom stereocenters. The first-order valence-corrected chi connectivity index (χ1v) is 6.88. The Balaban J connectivity index is 1.73. The molecule has 2 aliphatic heterocycles. The minimum absolute atomic E-state index is 0.0461. The molecule has 0 aromatic rings. The van der Waals surface area contributed by atoms with Gasteiger partial charge < -0.3 is 19.5 Å². The molecule has 0 aromatic carbocycles. The van der Waals surface area contributed by atoms with Crippen LogP contribution in [0.1, 0.15) is 32.1 Å². The predicted octanol–water partition coefficient (Wildman–Crippen LogP) is 0.648. The first-order chi connectivity index (χ1) is 9.15. The van der Waals surface area contributed by atoms with Gasteiger partial charge in [0, 0.05) is 26.1 Å². The first-order valence-electron chi connectivity index (χ1n) is 6.88. The number of rotatable bonds is 5. The minimum Gasteiger partial charge on any atom is -0.481 e. The van der Waals surface area contributed by atoms with Crippen LogP contribution in [0.2, 0.25) is 0 Å². The first kappa shape index (κ1) is 14.3. The molecule has 0 aromatic heterocycles. The zero-order chi connectivity index (χ0) is 13.7. The van der Waals surface area contributed by atoms with Crippen molar-refractivity contribution in [2.75, 3.05) is 26.3 Å². The van der Waals surface area contributed by atoms with Crippen molar-refractivity contribution < 1.29 is 24.2 Å². The van der Waals surface area contributed by atoms with E-state index in [-0.39, 0.29) is 24.5 Å². The highest BCUT2D eigenvalue weighted by Gasteiger charge is 2.26. The molecular weight excluding hydrogens is 250 g/mol. The van der Waals surface area contributed by atoms with Gasteiger partial charge in [-0.1, -0.05) is 0 Å². The van der Waals surface area contributed by atoms with Crippen LogP contribution in [0.25, 0.3) is 0 Å². The summed E-state index contributed by atoms with van der Waals surface area (Å²) in [4.78, 5) is 24.4. The van der Waals surface area contributed by atoms with Gasteiger partial charge in [0.2, 0.25) is 5.91 Å². The Morgan fingerprint density at radius 3 is 2.68 bits per heavy atom. The van der Waals surface area contributed by atoms with Gasteiger partial charge >= 0.3 is 5.97 Å². The lowest BCUT2D eigenvalue weighted by atomic mass is 10.1. The molecule has 0 radical (unpaired) electrons. The van der Waals surface area contributed by atoms with Crippen LogP contribution in [0.3, 0.4) is 0 Å². The summed E-state index contributed by atoms with van der Waals surface area (Å²) in [5, 5.41) is 8.74. The van der Waals surface area contributed by atoms with Crippen molar-refractivity contribution in [3.8, 4) is 0 Å². The van der Waals surface area contributed by atoms with Crippen LogP contribution in [-0.4, -0.2) is 60.4 Å². The number of carbonyl (C=O) groups excluding carboxylic acids is 1. The normalized spacial score (nSPS) is 27.5. The van der Waals surface area contributed by atoms with Crippen LogP contribution < -0.4 is 0 Å². The summed E-state index contributed by atoms with van der Waals surface area (Å²) in [6.07, 6.45) is 3.16. The molecule has 0 spiro atoms. The fraction of sp³-hybridized carbons (Fsp3) is 0.846. The number of amides is 1. The molecule has 108 valence electrons. The van der Waals surface area contributed by atoms with Crippen molar-refractivity contribution >= 4 is 11.9 Å². The Morgan fingerprint density at radius 2 is 2.00 bits per heavy atom. The monoisotopic (exact) mass is 271 g/mol. The molecule has 2 fully saturated rings. The molecule has 1 N–H and O–H groups in total. The Hall–Kier alpha value is -1.14. The number of carboxylic acid groups (broad SMARTS) is 1. The number of hydrogen-bond donors (Lipinski definition) is 1. The summed E-state index contributed by atoms with van der Waals surface area (Å²) >= 11 is 0. The average Bonchev–Trinajstić information content (AvgIpc) is 2.88. The second kappa shape index (κ2) is 6.86. The van der Waals surface area contributed by atoms with Crippen molar-refractivity contribution in [2.24, 2.45) is 0 Å². The van der Waals surface area contributed by atoms with Gasteiger partial charge in [0.15, 0.2) is 0 Å². The number of ether oxygens (including phenoxy) is 2. The third-order valence-electron chi connectivity index (χ3n) is 3.60. The van der Waals surface area contributed by atoms with Crippen LogP contribution in [0.15, 0.2) is 0 Å². The number of hydrogen-bond acceptors (Lipinski definition) is 4. The summed E-state index contributed by atoms with van der Waals surface area (Å²) < 4.78 is 10.8. The second-order valence-corrected chi connectivity index (χ2v) is 5.10. The molecule has 6 heteroatoms. The van der Waals surface area contributed by atoms with Gasteiger partial charge in [-0.05, 0) is 19.3 Å². The van der Waals surface area contributed by atoms with Gasteiger partial charge in [-0.15, -0.1) is 0 Å². The average molecular weight is 271 g/mol. The number of aliphatic carboxylic acids is 1. The summed E-state index contributed by atoms with van der Waals surface area (Å²) in [6, 6.07) is 0. The Bertz CT molecular complexity index is 327. The topological polar surface area (TPSA) is 76.1 Å². The van der Waals surface area contributed by atoms with E-state index in [4.69, 9.17) is 14.6 Å². The van der Waals surface area contributed by atoms with E-state index in [2.05, 4.69) is 0 Å². The van der Waals surface area contributed by atoms with Crippen molar-refractivity contribution in [3.05, 3.63) is 0 Å². The molecule has 0 unspecified atom stereocenters. The van der Waals surface area contributed by atoms with Crippen molar-refractivity contribution in [1.29, 1.82) is 0 Å². The molecular formula is C13H21NO5. The summed E-state index contributed by atoms with van der Waals surface area (Å²) in [7, 11) is 0. The van der Waals surface area contributed by atoms with E-state index in [0.717, 1.165) is 25.9 Å². The summed E-state index contributed by atoms with van der Waals surface area (Å²) in [5.41, 5.74) is 0. The maximum Gasteiger partial charge on any atom is 0.306 e. The van der Waals surface area contributed by atoms with Crippen LogP contribution in [0.4, 0.5) is 0 Å². The molecule has 19 heavy (non-hydrogen) atoms. The Kier molecular flexibility index (Phi) is 5.15. The Morgan fingerprint density at radius 1 is 1.21 bits per heavy atom. The standard InChI is InChI=1S/C13H21NO5/c15-12(4-3-10-2-1-6-18-10)14-5-7-19-11(9-14)8-13(16)17/h10-11H,1-9H2,(H,16,17)/t10-,11-/m1/s1. The molecule has 6 nitrogen and oxygen atoms in total. The molecule has 1 amide bonds. The fourth-order valence-corrected chi connectivity index (χ4v) is 2.58. The van der Waals surface area contributed by atoms with Gasteiger partial charge in [-0.2, -0.15) is 0 Å². The Labute approximate surface area is 112 Å². The van der Waals surface area contributed by atoms with E-state index in [1.165, 1.54) is 0 Å². The number of carbonyl (C=O) groups is 2. The highest BCUT2D eigenvalue weighted by Crippen LogP contribution is 2.18. The van der Waals surface area contributed by atoms with E-state index in [1.807, 2.05) is 0 Å². The van der Waals surface area contributed by atoms with Gasteiger partial charge in [-0.3, -0.25) is 9.59 Å². The quantitative estimate of drug-likeness (QED) is 0.794. The smallest absolute Gasteiger partial charge is 0.306 e. The van der Waals surface area contributed by atoms with Crippen LogP contribution in [0.5, 0.6) is 0 Å². The lowest BCUT2D eigenvalue weighted by Gasteiger charge is -2.32. The van der Waals surface area contributed by atoms with Gasteiger partial charge in [0.05, 0.1) is 25.2 Å². The highest BCUT2D eigenvalue weighted by molar-refractivity contribution is 5.76. The van der Waals surface area contributed by atoms with Crippen LogP contribution in [0, 0.1) is 0 Å². The van der Waals surface area contributed by atoms with E-state index in [0.29, 0.717) is 26.1 Å². The number of carboxylic acids is 1. The van der Waals surface area contributed by atoms with Gasteiger partial charge in [0.1, 0.15) is 0 Å². The summed E-state index contributed by atoms with van der Waals surface area (Å²) in [6.45, 7) is 2.16. The zero-order valence-corrected chi connectivity index (χ0v) is 11.0. The number of nitrogens with zero attached hydrogens (tertiary/aromatic N) is 1. The van der Waals surface area contributed by atoms with Gasteiger partial charge in [0.25, 0.3) is 0 Å². The second-order valence-electron chi connectivity index (χ2n) is 5.10. The maximum absolute atomic E-state index is 12.1. The van der Waals surface area contributed by atoms with E-state index >= 15 is 0 Å². The predicted molar refractivity (Wildman–Crippen MR) is 66.8 cm³/mol. The van der Waals surface area contributed by atoms with E-state index < -0.39 is 5.97 Å². The minimum atomic E-state index is -0.890.